The van der Waals surface area contributed by atoms with Gasteiger partial charge in [-0.2, -0.15) is 0 Å². The smallest absolute Gasteiger partial charge is 0.220 e. The standard InChI is InChI=1S/C30H61NO10/c1-2-3-4-5-6-7-8-9-10-11-30(33)31-12-14-34-16-18-36-20-22-38-24-26-40-28-29-41-27-25-39-23-21-37-19-17-35-15-13-32/h32H,2-29H2,1H3,(H,31,33). The van der Waals surface area contributed by atoms with Crippen LogP contribution in [0.25, 0.3) is 0 Å². The number of hydrogen-bond donors (Lipinski definition) is 2. The van der Waals surface area contributed by atoms with Crippen LogP contribution in [0.2, 0.25) is 0 Å². The molecule has 0 fully saturated rings. The number of rotatable bonds is 36. The third kappa shape index (κ3) is 37.1. The molecule has 2 N–H and O–H groups in total. The molecule has 0 aliphatic heterocycles. The third-order valence-corrected chi connectivity index (χ3v) is 5.92. The second kappa shape index (κ2) is 37.1. The fraction of sp³-hybridized carbons (Fsp3) is 0.967. The summed E-state index contributed by atoms with van der Waals surface area (Å²) in [6, 6.07) is 0. The van der Waals surface area contributed by atoms with Crippen molar-refractivity contribution < 1.29 is 47.8 Å². The monoisotopic (exact) mass is 595 g/mol. The van der Waals surface area contributed by atoms with Gasteiger partial charge >= 0.3 is 0 Å². The first-order chi connectivity index (χ1) is 20.3. The van der Waals surface area contributed by atoms with Crippen LogP contribution in [-0.2, 0) is 42.7 Å². The van der Waals surface area contributed by atoms with E-state index in [0.717, 1.165) is 12.8 Å². The summed E-state index contributed by atoms with van der Waals surface area (Å²) < 4.78 is 43.1. The molecule has 11 nitrogen and oxygen atoms in total. The minimum atomic E-state index is 0.0271. The van der Waals surface area contributed by atoms with Crippen LogP contribution in [0.4, 0.5) is 0 Å². The lowest BCUT2D eigenvalue weighted by Crippen LogP contribution is -2.27. The molecule has 0 bridgehead atoms. The van der Waals surface area contributed by atoms with Crippen LogP contribution in [0.3, 0.4) is 0 Å². The molecule has 0 rings (SSSR count). The molecule has 0 saturated heterocycles. The van der Waals surface area contributed by atoms with Crippen molar-refractivity contribution >= 4 is 5.91 Å². The number of amides is 1. The van der Waals surface area contributed by atoms with E-state index < -0.39 is 0 Å². The van der Waals surface area contributed by atoms with Crippen LogP contribution in [-0.4, -0.2) is 130 Å². The number of ether oxygens (including phenoxy) is 8. The van der Waals surface area contributed by atoms with Crippen LogP contribution in [0.5, 0.6) is 0 Å². The maximum Gasteiger partial charge on any atom is 0.220 e. The summed E-state index contributed by atoms with van der Waals surface area (Å²) in [5, 5.41) is 11.5. The summed E-state index contributed by atoms with van der Waals surface area (Å²) in [5.74, 6) is 0.114. The van der Waals surface area contributed by atoms with Crippen molar-refractivity contribution in [1.29, 1.82) is 0 Å². The van der Waals surface area contributed by atoms with E-state index in [1.807, 2.05) is 0 Å². The van der Waals surface area contributed by atoms with Crippen molar-refractivity contribution in [2.24, 2.45) is 0 Å². The molecule has 0 unspecified atom stereocenters. The van der Waals surface area contributed by atoms with Crippen molar-refractivity contribution in [2.45, 2.75) is 71.1 Å². The fourth-order valence-electron chi connectivity index (χ4n) is 3.65. The number of carbonyl (C=O) groups is 1. The van der Waals surface area contributed by atoms with Crippen molar-refractivity contribution in [3.05, 3.63) is 0 Å². The minimum absolute atomic E-state index is 0.0271. The second-order valence-electron chi connectivity index (χ2n) is 9.55. The van der Waals surface area contributed by atoms with E-state index in [1.165, 1.54) is 44.9 Å². The SMILES string of the molecule is CCCCCCCCCCCC(=O)NCCOCCOCCOCCOCCOCCOCCOCCOCCO. The molecule has 0 aliphatic carbocycles. The summed E-state index contributed by atoms with van der Waals surface area (Å²) in [6.45, 7) is 10.7. The second-order valence-corrected chi connectivity index (χ2v) is 9.55. The van der Waals surface area contributed by atoms with Gasteiger partial charge in [-0.1, -0.05) is 58.3 Å². The molecule has 0 atom stereocenters. The quantitative estimate of drug-likeness (QED) is 0.104. The van der Waals surface area contributed by atoms with Gasteiger partial charge in [0, 0.05) is 13.0 Å². The largest absolute Gasteiger partial charge is 0.394 e. The summed E-state index contributed by atoms with van der Waals surface area (Å²) in [5.41, 5.74) is 0. The lowest BCUT2D eigenvalue weighted by molar-refractivity contribution is -0.121. The van der Waals surface area contributed by atoms with E-state index in [0.29, 0.717) is 119 Å². The molecule has 1 amide bonds. The zero-order chi connectivity index (χ0) is 29.7. The Balaban J connectivity index is 3.11. The Morgan fingerprint density at radius 3 is 1.15 bits per heavy atom. The topological polar surface area (TPSA) is 123 Å². The number of aliphatic hydroxyl groups excluding tert-OH is 1. The molecule has 41 heavy (non-hydrogen) atoms. The Bertz CT molecular complexity index is 502. The molecule has 11 heteroatoms. The van der Waals surface area contributed by atoms with Gasteiger partial charge in [0.05, 0.1) is 112 Å². The molecule has 0 aromatic rings. The first kappa shape index (κ1) is 40.1. The predicted molar refractivity (Wildman–Crippen MR) is 158 cm³/mol. The number of carbonyl (C=O) groups excluding carboxylic acids is 1. The van der Waals surface area contributed by atoms with E-state index >= 15 is 0 Å². The molecule has 0 heterocycles. The van der Waals surface area contributed by atoms with Crippen molar-refractivity contribution in [3.63, 3.8) is 0 Å². The lowest BCUT2D eigenvalue weighted by Gasteiger charge is -2.09. The number of hydrogen-bond acceptors (Lipinski definition) is 10. The van der Waals surface area contributed by atoms with Gasteiger partial charge < -0.3 is 48.3 Å². The highest BCUT2D eigenvalue weighted by Gasteiger charge is 2.01. The Hall–Kier alpha value is -0.890. The van der Waals surface area contributed by atoms with Gasteiger partial charge in [0.25, 0.3) is 0 Å². The maximum atomic E-state index is 11.9. The van der Waals surface area contributed by atoms with Gasteiger partial charge in [0.1, 0.15) is 0 Å². The summed E-state index contributed by atoms with van der Waals surface area (Å²) in [4.78, 5) is 11.9. The van der Waals surface area contributed by atoms with Crippen molar-refractivity contribution in [2.75, 3.05) is 119 Å². The van der Waals surface area contributed by atoms with Crippen LogP contribution in [0.1, 0.15) is 71.1 Å². The molecule has 0 spiro atoms. The Labute approximate surface area is 249 Å². The normalized spacial score (nSPS) is 11.4. The zero-order valence-electron chi connectivity index (χ0n) is 25.9. The van der Waals surface area contributed by atoms with Gasteiger partial charge in [0.2, 0.25) is 5.91 Å². The van der Waals surface area contributed by atoms with Crippen molar-refractivity contribution in [1.82, 2.24) is 5.32 Å². The average Bonchev–Trinajstić information content (AvgIpc) is 2.98. The zero-order valence-corrected chi connectivity index (χ0v) is 25.9. The van der Waals surface area contributed by atoms with Crippen LogP contribution >= 0.6 is 0 Å². The van der Waals surface area contributed by atoms with Gasteiger partial charge in [-0.05, 0) is 6.42 Å². The van der Waals surface area contributed by atoms with E-state index in [1.54, 1.807) is 0 Å². The lowest BCUT2D eigenvalue weighted by atomic mass is 10.1. The molecule has 0 saturated carbocycles. The molecule has 0 aromatic carbocycles. The molecule has 0 radical (unpaired) electrons. The van der Waals surface area contributed by atoms with Gasteiger partial charge in [-0.3, -0.25) is 4.79 Å². The average molecular weight is 596 g/mol. The summed E-state index contributed by atoms with van der Waals surface area (Å²) >= 11 is 0. The Morgan fingerprint density at radius 1 is 0.463 bits per heavy atom. The molecular formula is C30H61NO10. The van der Waals surface area contributed by atoms with E-state index in [2.05, 4.69) is 12.2 Å². The maximum absolute atomic E-state index is 11.9. The van der Waals surface area contributed by atoms with Gasteiger partial charge in [-0.15, -0.1) is 0 Å². The van der Waals surface area contributed by atoms with Crippen molar-refractivity contribution in [3.8, 4) is 0 Å². The Kier molecular flexibility index (Phi) is 36.3. The first-order valence-electron chi connectivity index (χ1n) is 15.8. The highest BCUT2D eigenvalue weighted by Crippen LogP contribution is 2.10. The first-order valence-corrected chi connectivity index (χ1v) is 15.8. The molecule has 246 valence electrons. The highest BCUT2D eigenvalue weighted by atomic mass is 16.6. The number of aliphatic hydroxyl groups is 1. The minimum Gasteiger partial charge on any atom is -0.394 e. The van der Waals surface area contributed by atoms with E-state index in [4.69, 9.17) is 43.0 Å². The number of unbranched alkanes of at least 4 members (excludes halogenated alkanes) is 8. The molecular weight excluding hydrogens is 534 g/mol. The van der Waals surface area contributed by atoms with E-state index in [9.17, 15) is 4.79 Å². The molecule has 0 aliphatic rings. The van der Waals surface area contributed by atoms with E-state index in [-0.39, 0.29) is 12.5 Å². The van der Waals surface area contributed by atoms with Crippen LogP contribution < -0.4 is 5.32 Å². The highest BCUT2D eigenvalue weighted by molar-refractivity contribution is 5.75. The van der Waals surface area contributed by atoms with Crippen LogP contribution in [0.15, 0.2) is 0 Å². The fourth-order valence-corrected chi connectivity index (χ4v) is 3.65. The summed E-state index contributed by atoms with van der Waals surface area (Å²) in [7, 11) is 0. The molecule has 0 aromatic heterocycles. The Morgan fingerprint density at radius 2 is 0.780 bits per heavy atom. The van der Waals surface area contributed by atoms with Gasteiger partial charge in [-0.25, -0.2) is 0 Å². The summed E-state index contributed by atoms with van der Waals surface area (Å²) in [6.07, 6.45) is 11.9. The number of nitrogens with one attached hydrogen (secondary N) is 1. The van der Waals surface area contributed by atoms with Gasteiger partial charge in [0.15, 0.2) is 0 Å². The predicted octanol–water partition coefficient (Wildman–Crippen LogP) is 3.15. The van der Waals surface area contributed by atoms with Crippen LogP contribution in [0, 0.1) is 0 Å². The third-order valence-electron chi connectivity index (χ3n) is 5.92.